The van der Waals surface area contributed by atoms with Gasteiger partial charge in [0.2, 0.25) is 5.43 Å². The summed E-state index contributed by atoms with van der Waals surface area (Å²) in [5.74, 6) is 0. The van der Waals surface area contributed by atoms with Crippen LogP contribution in [0.3, 0.4) is 0 Å². The van der Waals surface area contributed by atoms with Crippen LogP contribution in [0, 0.1) is 0 Å². The van der Waals surface area contributed by atoms with Crippen LogP contribution in [0.25, 0.3) is 10.9 Å². The van der Waals surface area contributed by atoms with E-state index in [2.05, 4.69) is 10.4 Å². The van der Waals surface area contributed by atoms with Gasteiger partial charge in [-0.15, -0.1) is 0 Å². The van der Waals surface area contributed by atoms with Gasteiger partial charge in [0, 0.05) is 22.6 Å². The summed E-state index contributed by atoms with van der Waals surface area (Å²) in [6.07, 6.45) is 1.36. The lowest BCUT2D eigenvalue weighted by Crippen LogP contribution is -2.17. The molecular weight excluding hydrogens is 286 g/mol. The molecule has 3 aromatic rings. The fourth-order valence-corrected chi connectivity index (χ4v) is 2.43. The zero-order chi connectivity index (χ0) is 14.7. The number of nitrogens with zero attached hydrogens (tertiary/aromatic N) is 2. The van der Waals surface area contributed by atoms with Gasteiger partial charge in [-0.1, -0.05) is 29.8 Å². The number of hydrogen-bond acceptors (Lipinski definition) is 3. The van der Waals surface area contributed by atoms with Crippen LogP contribution in [-0.4, -0.2) is 16.3 Å². The van der Waals surface area contributed by atoms with Crippen LogP contribution in [0.15, 0.2) is 59.5 Å². The minimum atomic E-state index is -0.0512. The molecule has 0 fully saturated rings. The van der Waals surface area contributed by atoms with Crippen molar-refractivity contribution in [1.29, 1.82) is 0 Å². The highest BCUT2D eigenvalue weighted by molar-refractivity contribution is 6.30. The van der Waals surface area contributed by atoms with Gasteiger partial charge in [-0.3, -0.25) is 9.48 Å². The standard InChI is InChI=1S/C16H14ClN3O/c17-12-4-3-5-13(10-12)18-8-9-20-15-7-2-1-6-14(15)16(21)11-19-20/h1-7,10-11,18H,8-9H2. The second-order valence-corrected chi connectivity index (χ2v) is 5.12. The Balaban J connectivity index is 1.77. The molecule has 0 bridgehead atoms. The number of hydrogen-bond donors (Lipinski definition) is 1. The number of nitrogens with one attached hydrogen (secondary N) is 1. The fraction of sp³-hybridized carbons (Fsp3) is 0.125. The minimum absolute atomic E-state index is 0.0512. The molecule has 0 radical (unpaired) electrons. The van der Waals surface area contributed by atoms with Gasteiger partial charge >= 0.3 is 0 Å². The number of halogens is 1. The van der Waals surface area contributed by atoms with Crippen LogP contribution >= 0.6 is 11.6 Å². The van der Waals surface area contributed by atoms with Crippen LogP contribution in [-0.2, 0) is 6.54 Å². The molecule has 0 aliphatic heterocycles. The lowest BCUT2D eigenvalue weighted by atomic mass is 10.2. The first-order chi connectivity index (χ1) is 10.2. The molecule has 5 heteroatoms. The van der Waals surface area contributed by atoms with Crippen LogP contribution in [0.5, 0.6) is 0 Å². The van der Waals surface area contributed by atoms with Crippen molar-refractivity contribution in [3.63, 3.8) is 0 Å². The maximum atomic E-state index is 11.8. The van der Waals surface area contributed by atoms with Gasteiger partial charge in [0.15, 0.2) is 0 Å². The van der Waals surface area contributed by atoms with Crippen molar-refractivity contribution in [2.75, 3.05) is 11.9 Å². The molecule has 106 valence electrons. The van der Waals surface area contributed by atoms with Gasteiger partial charge in [0.25, 0.3) is 0 Å². The zero-order valence-electron chi connectivity index (χ0n) is 11.3. The molecule has 1 heterocycles. The molecule has 4 nitrogen and oxygen atoms in total. The molecule has 0 saturated carbocycles. The van der Waals surface area contributed by atoms with Crippen LogP contribution in [0.4, 0.5) is 5.69 Å². The Hall–Kier alpha value is -2.33. The summed E-state index contributed by atoms with van der Waals surface area (Å²) < 4.78 is 1.83. The topological polar surface area (TPSA) is 46.9 Å². The van der Waals surface area contributed by atoms with Crippen LogP contribution in [0.2, 0.25) is 5.02 Å². The maximum absolute atomic E-state index is 11.8. The molecule has 0 atom stereocenters. The van der Waals surface area contributed by atoms with E-state index in [9.17, 15) is 4.79 Å². The average Bonchev–Trinajstić information content (AvgIpc) is 2.50. The highest BCUT2D eigenvalue weighted by atomic mass is 35.5. The molecule has 0 aliphatic rings. The van der Waals surface area contributed by atoms with Gasteiger partial charge in [-0.05, 0) is 30.3 Å². The van der Waals surface area contributed by atoms with Crippen LogP contribution in [0.1, 0.15) is 0 Å². The summed E-state index contributed by atoms with van der Waals surface area (Å²) >= 11 is 5.94. The zero-order valence-corrected chi connectivity index (χ0v) is 12.0. The van der Waals surface area contributed by atoms with E-state index in [1.54, 1.807) is 0 Å². The second-order valence-electron chi connectivity index (χ2n) is 4.69. The summed E-state index contributed by atoms with van der Waals surface area (Å²) in [5, 5.41) is 8.87. The summed E-state index contributed by atoms with van der Waals surface area (Å²) in [7, 11) is 0. The van der Waals surface area contributed by atoms with Gasteiger partial charge in [-0.2, -0.15) is 5.10 Å². The van der Waals surface area contributed by atoms with E-state index in [-0.39, 0.29) is 5.43 Å². The molecule has 0 amide bonds. The van der Waals surface area contributed by atoms with Gasteiger partial charge in [-0.25, -0.2) is 0 Å². The van der Waals surface area contributed by atoms with Crippen molar-refractivity contribution < 1.29 is 0 Å². The smallest absolute Gasteiger partial charge is 0.207 e. The highest BCUT2D eigenvalue weighted by Crippen LogP contribution is 2.14. The first kappa shape index (κ1) is 13.6. The van der Waals surface area contributed by atoms with E-state index >= 15 is 0 Å². The monoisotopic (exact) mass is 299 g/mol. The summed E-state index contributed by atoms with van der Waals surface area (Å²) in [6.45, 7) is 1.35. The van der Waals surface area contributed by atoms with Crippen molar-refractivity contribution in [2.24, 2.45) is 0 Å². The van der Waals surface area contributed by atoms with E-state index in [1.165, 1.54) is 6.20 Å². The first-order valence-electron chi connectivity index (χ1n) is 6.68. The number of fused-ring (bicyclic) bond motifs is 1. The number of anilines is 1. The fourth-order valence-electron chi connectivity index (χ4n) is 2.24. The van der Waals surface area contributed by atoms with Crippen molar-refractivity contribution >= 4 is 28.2 Å². The second kappa shape index (κ2) is 5.97. The lowest BCUT2D eigenvalue weighted by molar-refractivity contribution is 0.646. The van der Waals surface area contributed by atoms with E-state index in [0.29, 0.717) is 23.5 Å². The van der Waals surface area contributed by atoms with Gasteiger partial charge in [0.1, 0.15) is 0 Å². The molecule has 1 aromatic heterocycles. The lowest BCUT2D eigenvalue weighted by Gasteiger charge is -2.11. The van der Waals surface area contributed by atoms with Gasteiger partial charge < -0.3 is 5.32 Å². The molecule has 2 aromatic carbocycles. The number of para-hydroxylation sites is 1. The van der Waals surface area contributed by atoms with E-state index in [1.807, 2.05) is 53.2 Å². The Morgan fingerprint density at radius 1 is 1.14 bits per heavy atom. The Labute approximate surface area is 127 Å². The van der Waals surface area contributed by atoms with Crippen molar-refractivity contribution in [3.8, 4) is 0 Å². The predicted octanol–water partition coefficient (Wildman–Crippen LogP) is 3.16. The molecule has 0 spiro atoms. The Kier molecular flexibility index (Phi) is 3.88. The maximum Gasteiger partial charge on any atom is 0.207 e. The Morgan fingerprint density at radius 3 is 2.86 bits per heavy atom. The third kappa shape index (κ3) is 3.06. The van der Waals surface area contributed by atoms with Crippen molar-refractivity contribution in [3.05, 3.63) is 70.0 Å². The third-order valence-electron chi connectivity index (χ3n) is 3.24. The molecule has 3 rings (SSSR count). The first-order valence-corrected chi connectivity index (χ1v) is 7.06. The van der Waals surface area contributed by atoms with E-state index in [0.717, 1.165) is 11.2 Å². The van der Waals surface area contributed by atoms with Crippen LogP contribution < -0.4 is 10.7 Å². The highest BCUT2D eigenvalue weighted by Gasteiger charge is 2.02. The summed E-state index contributed by atoms with van der Waals surface area (Å²) in [6, 6.07) is 15.1. The normalized spacial score (nSPS) is 10.7. The quantitative estimate of drug-likeness (QED) is 0.805. The Morgan fingerprint density at radius 2 is 2.00 bits per heavy atom. The van der Waals surface area contributed by atoms with E-state index in [4.69, 9.17) is 11.6 Å². The predicted molar refractivity (Wildman–Crippen MR) is 85.9 cm³/mol. The van der Waals surface area contributed by atoms with E-state index < -0.39 is 0 Å². The molecule has 21 heavy (non-hydrogen) atoms. The summed E-state index contributed by atoms with van der Waals surface area (Å²) in [4.78, 5) is 11.8. The molecule has 1 N–H and O–H groups in total. The molecular formula is C16H14ClN3O. The number of rotatable bonds is 4. The SMILES string of the molecule is O=c1cnn(CCNc2cccc(Cl)c2)c2ccccc12. The molecule has 0 aliphatic carbocycles. The van der Waals surface area contributed by atoms with Crippen molar-refractivity contribution in [1.82, 2.24) is 9.78 Å². The Bertz CT molecular complexity index is 829. The largest absolute Gasteiger partial charge is 0.383 e. The third-order valence-corrected chi connectivity index (χ3v) is 3.47. The number of aromatic nitrogens is 2. The minimum Gasteiger partial charge on any atom is -0.383 e. The number of benzene rings is 2. The molecule has 0 saturated heterocycles. The average molecular weight is 300 g/mol. The molecule has 0 unspecified atom stereocenters. The summed E-state index contributed by atoms with van der Waals surface area (Å²) in [5.41, 5.74) is 1.76. The van der Waals surface area contributed by atoms with Crippen molar-refractivity contribution in [2.45, 2.75) is 6.54 Å². The van der Waals surface area contributed by atoms with Gasteiger partial charge in [0.05, 0.1) is 18.3 Å².